The third-order valence-electron chi connectivity index (χ3n) is 4.01. The molecule has 3 N–H and O–H groups in total. The number of hydrogen-bond acceptors (Lipinski definition) is 5. The summed E-state index contributed by atoms with van der Waals surface area (Å²) in [5.74, 6) is -4.01. The van der Waals surface area contributed by atoms with E-state index in [1.807, 2.05) is 0 Å². The zero-order chi connectivity index (χ0) is 22.5. The van der Waals surface area contributed by atoms with Crippen LogP contribution in [0.1, 0.15) is 35.0 Å². The quantitative estimate of drug-likeness (QED) is 0.609. The monoisotopic (exact) mass is 443 g/mol. The van der Waals surface area contributed by atoms with E-state index < -0.39 is 51.7 Å². The Kier molecular flexibility index (Phi) is 7.38. The molecule has 30 heavy (non-hydrogen) atoms. The topological polar surface area (TPSA) is 111 Å². The summed E-state index contributed by atoms with van der Waals surface area (Å²) < 4.78 is 46.1. The predicted octanol–water partition coefficient (Wildman–Crippen LogP) is 2.90. The lowest BCUT2D eigenvalue weighted by Crippen LogP contribution is -2.45. The summed E-state index contributed by atoms with van der Waals surface area (Å²) in [5.41, 5.74) is 3.41. The Bertz CT molecular complexity index is 952. The standard InChI is InChI=1S/C19H17ClF3N3O4/c1-2-12(16(27)17(24)28)26-18(29)11-6-7-13(14(15(11)20)19(21,22)23)30-9-10-5-3-4-8-25-10/h3-8,12H,2,9H2,1H3,(H2,24,28)(H,26,29)/t12-/m0/s1. The number of ketones is 1. The van der Waals surface area contributed by atoms with Crippen LogP contribution in [0.4, 0.5) is 13.2 Å². The zero-order valence-electron chi connectivity index (χ0n) is 15.6. The highest BCUT2D eigenvalue weighted by atomic mass is 35.5. The maximum atomic E-state index is 13.6. The number of aromatic nitrogens is 1. The van der Waals surface area contributed by atoms with Crippen LogP contribution in [0.5, 0.6) is 5.75 Å². The van der Waals surface area contributed by atoms with E-state index >= 15 is 0 Å². The molecule has 0 aliphatic rings. The van der Waals surface area contributed by atoms with Crippen molar-refractivity contribution in [1.82, 2.24) is 10.3 Å². The Labute approximate surface area is 174 Å². The Morgan fingerprint density at radius 2 is 1.93 bits per heavy atom. The second kappa shape index (κ2) is 9.57. The molecule has 0 saturated heterocycles. The summed E-state index contributed by atoms with van der Waals surface area (Å²) >= 11 is 5.89. The van der Waals surface area contributed by atoms with Crippen LogP contribution in [0.25, 0.3) is 0 Å². The van der Waals surface area contributed by atoms with Gasteiger partial charge < -0.3 is 15.8 Å². The maximum absolute atomic E-state index is 13.6. The van der Waals surface area contributed by atoms with Gasteiger partial charge in [0.05, 0.1) is 22.3 Å². The smallest absolute Gasteiger partial charge is 0.421 e. The SMILES string of the molecule is CC[C@H](NC(=O)c1ccc(OCc2ccccn2)c(C(F)(F)F)c1Cl)C(=O)C(N)=O. The number of primary amides is 1. The molecule has 160 valence electrons. The Morgan fingerprint density at radius 1 is 1.23 bits per heavy atom. The van der Waals surface area contributed by atoms with Crippen molar-refractivity contribution >= 4 is 29.2 Å². The van der Waals surface area contributed by atoms with Crippen LogP contribution in [0, 0.1) is 0 Å². The van der Waals surface area contributed by atoms with Gasteiger partial charge in [0.25, 0.3) is 11.8 Å². The Hall–Kier alpha value is -3.14. The lowest BCUT2D eigenvalue weighted by molar-refractivity contribution is -0.139. The highest BCUT2D eigenvalue weighted by Crippen LogP contribution is 2.42. The van der Waals surface area contributed by atoms with Crippen molar-refractivity contribution in [3.8, 4) is 5.75 Å². The van der Waals surface area contributed by atoms with Crippen molar-refractivity contribution in [3.63, 3.8) is 0 Å². The number of nitrogens with two attached hydrogens (primary N) is 1. The van der Waals surface area contributed by atoms with Crippen molar-refractivity contribution in [2.24, 2.45) is 5.73 Å². The van der Waals surface area contributed by atoms with Gasteiger partial charge in [-0.15, -0.1) is 0 Å². The van der Waals surface area contributed by atoms with Gasteiger partial charge in [0.1, 0.15) is 17.9 Å². The minimum Gasteiger partial charge on any atom is -0.487 e. The van der Waals surface area contributed by atoms with Crippen LogP contribution in [0.3, 0.4) is 0 Å². The molecule has 0 spiro atoms. The molecule has 11 heteroatoms. The van der Waals surface area contributed by atoms with Crippen molar-refractivity contribution in [2.75, 3.05) is 0 Å². The van der Waals surface area contributed by atoms with E-state index in [9.17, 15) is 27.6 Å². The summed E-state index contributed by atoms with van der Waals surface area (Å²) in [7, 11) is 0. The van der Waals surface area contributed by atoms with Crippen molar-refractivity contribution in [1.29, 1.82) is 0 Å². The third kappa shape index (κ3) is 5.47. The first-order chi connectivity index (χ1) is 14.1. The molecule has 0 bridgehead atoms. The average Bonchev–Trinajstić information content (AvgIpc) is 2.69. The van der Waals surface area contributed by atoms with Crippen LogP contribution in [-0.2, 0) is 22.4 Å². The van der Waals surface area contributed by atoms with E-state index in [0.717, 1.165) is 12.1 Å². The molecular formula is C19H17ClF3N3O4. The molecule has 2 amide bonds. The number of nitrogens with zero attached hydrogens (tertiary/aromatic N) is 1. The van der Waals surface area contributed by atoms with Gasteiger partial charge >= 0.3 is 6.18 Å². The van der Waals surface area contributed by atoms with Gasteiger partial charge in [0.15, 0.2) is 0 Å². The number of ether oxygens (including phenoxy) is 1. The summed E-state index contributed by atoms with van der Waals surface area (Å²) in [5, 5.41) is 1.27. The minimum absolute atomic E-state index is 0.00251. The van der Waals surface area contributed by atoms with Crippen LogP contribution < -0.4 is 15.8 Å². The number of pyridine rings is 1. The molecule has 7 nitrogen and oxygen atoms in total. The number of alkyl halides is 3. The van der Waals surface area contributed by atoms with Crippen molar-refractivity contribution < 1.29 is 32.3 Å². The normalized spacial score (nSPS) is 12.2. The molecule has 0 aliphatic carbocycles. The average molecular weight is 444 g/mol. The predicted molar refractivity (Wildman–Crippen MR) is 101 cm³/mol. The van der Waals surface area contributed by atoms with Crippen LogP contribution >= 0.6 is 11.6 Å². The molecule has 0 unspecified atom stereocenters. The molecule has 0 saturated carbocycles. The van der Waals surface area contributed by atoms with Crippen LogP contribution in [-0.4, -0.2) is 28.6 Å². The van der Waals surface area contributed by atoms with E-state index in [1.54, 1.807) is 18.2 Å². The number of Topliss-reactive ketones (excluding diaryl/α,β-unsaturated/α-hetero) is 1. The number of carbonyl (C=O) groups excluding carboxylic acids is 3. The first-order valence-electron chi connectivity index (χ1n) is 8.63. The Morgan fingerprint density at radius 3 is 2.47 bits per heavy atom. The van der Waals surface area contributed by atoms with Crippen molar-refractivity contribution in [3.05, 3.63) is 58.4 Å². The van der Waals surface area contributed by atoms with E-state index in [2.05, 4.69) is 10.3 Å². The summed E-state index contributed by atoms with van der Waals surface area (Å²) in [4.78, 5) is 39.1. The van der Waals surface area contributed by atoms with Gasteiger partial charge in [-0.2, -0.15) is 13.2 Å². The van der Waals surface area contributed by atoms with Crippen LogP contribution in [0.15, 0.2) is 36.5 Å². The molecule has 1 aromatic heterocycles. The molecule has 2 aromatic rings. The summed E-state index contributed by atoms with van der Waals surface area (Å²) in [6.45, 7) is 1.24. The molecule has 1 atom stereocenters. The first-order valence-corrected chi connectivity index (χ1v) is 9.01. The van der Waals surface area contributed by atoms with E-state index in [0.29, 0.717) is 5.69 Å². The largest absolute Gasteiger partial charge is 0.487 e. The van der Waals surface area contributed by atoms with E-state index in [1.165, 1.54) is 13.1 Å². The number of hydrogen-bond donors (Lipinski definition) is 2. The number of amides is 2. The highest BCUT2D eigenvalue weighted by Gasteiger charge is 2.39. The lowest BCUT2D eigenvalue weighted by Gasteiger charge is -2.19. The summed E-state index contributed by atoms with van der Waals surface area (Å²) in [6.07, 6.45) is -3.47. The van der Waals surface area contributed by atoms with E-state index in [4.69, 9.17) is 22.1 Å². The molecular weight excluding hydrogens is 427 g/mol. The molecule has 1 heterocycles. The molecule has 0 aliphatic heterocycles. The maximum Gasteiger partial charge on any atom is 0.421 e. The fraction of sp³-hybridized carbons (Fsp3) is 0.263. The molecule has 1 aromatic carbocycles. The first kappa shape index (κ1) is 23.1. The van der Waals surface area contributed by atoms with Gasteiger partial charge in [-0.1, -0.05) is 24.6 Å². The number of benzene rings is 1. The van der Waals surface area contributed by atoms with Crippen LogP contribution in [0.2, 0.25) is 5.02 Å². The van der Waals surface area contributed by atoms with Gasteiger partial charge in [-0.3, -0.25) is 19.4 Å². The third-order valence-corrected chi connectivity index (χ3v) is 4.40. The van der Waals surface area contributed by atoms with E-state index in [-0.39, 0.29) is 13.0 Å². The molecule has 0 fully saturated rings. The second-order valence-corrected chi connectivity index (χ2v) is 6.45. The highest BCUT2D eigenvalue weighted by molar-refractivity contribution is 6.38. The number of nitrogens with one attached hydrogen (secondary N) is 1. The van der Waals surface area contributed by atoms with Gasteiger partial charge in [-0.05, 0) is 30.7 Å². The fourth-order valence-electron chi connectivity index (χ4n) is 2.51. The molecule has 0 radical (unpaired) electrons. The van der Waals surface area contributed by atoms with Gasteiger partial charge in [0, 0.05) is 6.20 Å². The fourth-order valence-corrected chi connectivity index (χ4v) is 2.86. The number of halogens is 4. The number of rotatable bonds is 8. The Balaban J connectivity index is 2.35. The minimum atomic E-state index is -4.93. The second-order valence-electron chi connectivity index (χ2n) is 6.07. The van der Waals surface area contributed by atoms with Crippen molar-refractivity contribution in [2.45, 2.75) is 32.2 Å². The lowest BCUT2D eigenvalue weighted by atomic mass is 10.1. The van der Waals surface area contributed by atoms with Gasteiger partial charge in [0.2, 0.25) is 5.78 Å². The number of carbonyl (C=O) groups is 3. The zero-order valence-corrected chi connectivity index (χ0v) is 16.4. The summed E-state index contributed by atoms with van der Waals surface area (Å²) in [6, 6.07) is 5.54. The molecule has 2 rings (SSSR count). The van der Waals surface area contributed by atoms with Gasteiger partial charge in [-0.25, -0.2) is 0 Å².